The predicted molar refractivity (Wildman–Crippen MR) is 93.9 cm³/mol. The lowest BCUT2D eigenvalue weighted by molar-refractivity contribution is 0.0167. The topological polar surface area (TPSA) is 51.7 Å². The molecule has 0 bridgehead atoms. The number of carbonyl (C=O) groups excluding carboxylic acids is 1. The van der Waals surface area contributed by atoms with Gasteiger partial charge in [0.2, 0.25) is 0 Å². The van der Waals surface area contributed by atoms with Gasteiger partial charge in [0.05, 0.1) is 6.61 Å². The van der Waals surface area contributed by atoms with Crippen molar-refractivity contribution in [1.29, 1.82) is 0 Å². The molecular formula is C19H30N2O3. The van der Waals surface area contributed by atoms with Crippen molar-refractivity contribution in [2.24, 2.45) is 5.92 Å². The van der Waals surface area contributed by atoms with Crippen LogP contribution in [0, 0.1) is 5.92 Å². The fraction of sp³-hybridized carbons (Fsp3) is 0.684. The number of nitrogens with zero attached hydrogens (tertiary/aromatic N) is 2. The van der Waals surface area contributed by atoms with Crippen molar-refractivity contribution in [2.45, 2.75) is 52.1 Å². The molecule has 2 heterocycles. The summed E-state index contributed by atoms with van der Waals surface area (Å²) in [6.07, 6.45) is 7.51. The third-order valence-electron chi connectivity index (χ3n) is 4.22. The van der Waals surface area contributed by atoms with Crippen molar-refractivity contribution >= 4 is 6.09 Å². The average molecular weight is 334 g/mol. The molecule has 0 saturated carbocycles. The summed E-state index contributed by atoms with van der Waals surface area (Å²) in [5.41, 5.74) is 0.840. The highest BCUT2D eigenvalue weighted by molar-refractivity contribution is 5.68. The first kappa shape index (κ1) is 18.7. The van der Waals surface area contributed by atoms with E-state index < -0.39 is 5.60 Å². The third kappa shape index (κ3) is 6.87. The largest absolute Gasteiger partial charge is 0.444 e. The molecule has 0 aliphatic carbocycles. The minimum atomic E-state index is -0.420. The van der Waals surface area contributed by atoms with E-state index in [-0.39, 0.29) is 6.09 Å². The minimum absolute atomic E-state index is 0.186. The molecule has 0 spiro atoms. The fourth-order valence-electron chi connectivity index (χ4n) is 2.82. The molecule has 1 saturated heterocycles. The van der Waals surface area contributed by atoms with Crippen molar-refractivity contribution in [3.8, 4) is 0 Å². The Balaban J connectivity index is 1.56. The van der Waals surface area contributed by atoms with Gasteiger partial charge < -0.3 is 14.4 Å². The molecule has 24 heavy (non-hydrogen) atoms. The highest BCUT2D eigenvalue weighted by Crippen LogP contribution is 2.22. The molecule has 0 N–H and O–H groups in total. The molecule has 1 aromatic rings. The summed E-state index contributed by atoms with van der Waals surface area (Å²) >= 11 is 0. The first-order chi connectivity index (χ1) is 11.4. The lowest BCUT2D eigenvalue weighted by Gasteiger charge is -2.33. The Hall–Kier alpha value is -1.62. The van der Waals surface area contributed by atoms with Crippen molar-refractivity contribution in [1.82, 2.24) is 9.88 Å². The number of pyridine rings is 1. The Morgan fingerprint density at radius 2 is 1.88 bits per heavy atom. The maximum Gasteiger partial charge on any atom is 0.410 e. The van der Waals surface area contributed by atoms with E-state index in [9.17, 15) is 4.79 Å². The number of aromatic nitrogens is 1. The molecule has 0 atom stereocenters. The maximum atomic E-state index is 12.0. The Bertz CT molecular complexity index is 491. The van der Waals surface area contributed by atoms with Gasteiger partial charge in [-0.15, -0.1) is 0 Å². The Morgan fingerprint density at radius 1 is 1.21 bits per heavy atom. The number of ether oxygens (including phenoxy) is 2. The number of hydrogen-bond donors (Lipinski definition) is 0. The zero-order chi connectivity index (χ0) is 17.4. The Labute approximate surface area is 145 Å². The summed E-state index contributed by atoms with van der Waals surface area (Å²) in [5.74, 6) is 0.643. The van der Waals surface area contributed by atoms with Crippen LogP contribution in [0.25, 0.3) is 0 Å². The monoisotopic (exact) mass is 334 g/mol. The second-order valence-corrected chi connectivity index (χ2v) is 7.42. The van der Waals surface area contributed by atoms with Crippen LogP contribution in [0.3, 0.4) is 0 Å². The molecule has 5 heteroatoms. The second-order valence-electron chi connectivity index (χ2n) is 7.42. The quantitative estimate of drug-likeness (QED) is 0.745. The maximum absolute atomic E-state index is 12.0. The van der Waals surface area contributed by atoms with Gasteiger partial charge >= 0.3 is 6.09 Å². The van der Waals surface area contributed by atoms with Crippen LogP contribution in [-0.4, -0.2) is 47.9 Å². The van der Waals surface area contributed by atoms with E-state index in [1.165, 1.54) is 5.56 Å². The van der Waals surface area contributed by atoms with Crippen LogP contribution >= 0.6 is 0 Å². The molecule has 1 aliphatic rings. The van der Waals surface area contributed by atoms with Crippen LogP contribution in [0.4, 0.5) is 4.79 Å². The molecule has 1 fully saturated rings. The predicted octanol–water partition coefficient (Wildman–Crippen LogP) is 3.68. The van der Waals surface area contributed by atoms with Gasteiger partial charge in [-0.1, -0.05) is 0 Å². The van der Waals surface area contributed by atoms with E-state index >= 15 is 0 Å². The number of carbonyl (C=O) groups is 1. The van der Waals surface area contributed by atoms with E-state index in [4.69, 9.17) is 9.47 Å². The first-order valence-electron chi connectivity index (χ1n) is 8.88. The number of likely N-dealkylation sites (tertiary alicyclic amines) is 1. The van der Waals surface area contributed by atoms with Crippen LogP contribution in [0.1, 0.15) is 45.6 Å². The summed E-state index contributed by atoms with van der Waals surface area (Å²) < 4.78 is 11.2. The molecule has 0 aromatic carbocycles. The van der Waals surface area contributed by atoms with Gasteiger partial charge in [-0.2, -0.15) is 0 Å². The number of hydrogen-bond acceptors (Lipinski definition) is 4. The molecule has 5 nitrogen and oxygen atoms in total. The number of piperidine rings is 1. The zero-order valence-corrected chi connectivity index (χ0v) is 15.2. The van der Waals surface area contributed by atoms with E-state index in [2.05, 4.69) is 4.98 Å². The van der Waals surface area contributed by atoms with Crippen LogP contribution in [0.5, 0.6) is 0 Å². The molecule has 0 radical (unpaired) electrons. The van der Waals surface area contributed by atoms with Crippen molar-refractivity contribution < 1.29 is 14.3 Å². The molecule has 0 unspecified atom stereocenters. The van der Waals surface area contributed by atoms with E-state index in [0.29, 0.717) is 5.92 Å². The molecular weight excluding hydrogens is 304 g/mol. The Morgan fingerprint density at radius 3 is 2.50 bits per heavy atom. The lowest BCUT2D eigenvalue weighted by Crippen LogP contribution is -2.41. The summed E-state index contributed by atoms with van der Waals surface area (Å²) in [5, 5.41) is 0. The van der Waals surface area contributed by atoms with Crippen LogP contribution in [-0.2, 0) is 15.9 Å². The van der Waals surface area contributed by atoms with Gasteiger partial charge in [0.1, 0.15) is 5.60 Å². The molecule has 134 valence electrons. The van der Waals surface area contributed by atoms with Crippen LogP contribution in [0.15, 0.2) is 24.5 Å². The summed E-state index contributed by atoms with van der Waals surface area (Å²) in [4.78, 5) is 17.9. The summed E-state index contributed by atoms with van der Waals surface area (Å²) in [7, 11) is 0. The van der Waals surface area contributed by atoms with E-state index in [0.717, 1.165) is 52.0 Å². The first-order valence-corrected chi connectivity index (χ1v) is 8.88. The van der Waals surface area contributed by atoms with Crippen molar-refractivity contribution in [3.05, 3.63) is 30.1 Å². The standard InChI is InChI=1S/C19H30N2O3/c1-19(2,3)24-18(22)21-12-6-17(7-13-21)9-15-23-14-8-16-4-10-20-11-5-16/h4-5,10-11,17H,6-9,12-15H2,1-3H3. The average Bonchev–Trinajstić information content (AvgIpc) is 2.54. The molecule has 1 aliphatic heterocycles. The van der Waals surface area contributed by atoms with Crippen molar-refractivity contribution in [3.63, 3.8) is 0 Å². The van der Waals surface area contributed by atoms with Gasteiger partial charge in [0, 0.05) is 32.1 Å². The summed E-state index contributed by atoms with van der Waals surface area (Å²) in [6, 6.07) is 4.05. The van der Waals surface area contributed by atoms with Gasteiger partial charge in [-0.05, 0) is 70.1 Å². The third-order valence-corrected chi connectivity index (χ3v) is 4.22. The molecule has 2 rings (SSSR count). The van der Waals surface area contributed by atoms with Crippen LogP contribution < -0.4 is 0 Å². The van der Waals surface area contributed by atoms with Crippen molar-refractivity contribution in [2.75, 3.05) is 26.3 Å². The van der Waals surface area contributed by atoms with Gasteiger partial charge in [0.15, 0.2) is 0 Å². The van der Waals surface area contributed by atoms with Crippen LogP contribution in [0.2, 0.25) is 0 Å². The van der Waals surface area contributed by atoms with E-state index in [1.807, 2.05) is 50.2 Å². The highest BCUT2D eigenvalue weighted by atomic mass is 16.6. The number of rotatable bonds is 6. The zero-order valence-electron chi connectivity index (χ0n) is 15.2. The normalized spacial score (nSPS) is 16.2. The van der Waals surface area contributed by atoms with Gasteiger partial charge in [-0.3, -0.25) is 4.98 Å². The summed E-state index contributed by atoms with van der Waals surface area (Å²) in [6.45, 7) is 8.83. The van der Waals surface area contributed by atoms with Gasteiger partial charge in [-0.25, -0.2) is 4.79 Å². The second kappa shape index (κ2) is 9.02. The molecule has 1 aromatic heterocycles. The van der Waals surface area contributed by atoms with E-state index in [1.54, 1.807) is 0 Å². The molecule has 1 amide bonds. The van der Waals surface area contributed by atoms with Gasteiger partial charge in [0.25, 0.3) is 0 Å². The minimum Gasteiger partial charge on any atom is -0.444 e. The highest BCUT2D eigenvalue weighted by Gasteiger charge is 2.26. The fourth-order valence-corrected chi connectivity index (χ4v) is 2.82. The Kier molecular flexibility index (Phi) is 7.03. The smallest absolute Gasteiger partial charge is 0.410 e. The number of amides is 1. The lowest BCUT2D eigenvalue weighted by atomic mass is 9.94. The SMILES string of the molecule is CC(C)(C)OC(=O)N1CCC(CCOCCc2ccncc2)CC1.